The molecule has 0 radical (unpaired) electrons. The number of hydrogen-bond acceptors (Lipinski definition) is 2. The lowest BCUT2D eigenvalue weighted by Crippen LogP contribution is -2.27. The Bertz CT molecular complexity index is 812. The third kappa shape index (κ3) is 4.39. The zero-order valence-corrected chi connectivity index (χ0v) is 15.3. The first-order valence-corrected chi connectivity index (χ1v) is 9.53. The molecule has 1 nitrogen and oxygen atoms in total. The highest BCUT2D eigenvalue weighted by molar-refractivity contribution is 7.99. The van der Waals surface area contributed by atoms with Crippen LogP contribution in [0, 0.1) is 0 Å². The molecule has 1 heterocycles. The number of hydrogen-bond donors (Lipinski definition) is 0. The summed E-state index contributed by atoms with van der Waals surface area (Å²) in [6.07, 6.45) is -1.63. The molecule has 2 aromatic rings. The Morgan fingerprint density at radius 2 is 1.77 bits per heavy atom. The maximum Gasteiger partial charge on any atom is 0.392 e. The molecule has 0 N–H and O–H groups in total. The molecule has 1 unspecified atom stereocenters. The summed E-state index contributed by atoms with van der Waals surface area (Å²) in [4.78, 5) is 6.10. The SMILES string of the molecule is CCC1(/C=C\CC(F)(F)F)CSc2ccccc2C(c2ccccc2)=N1. The number of thioether (sulfide) groups is 1. The molecule has 2 aromatic carbocycles. The van der Waals surface area contributed by atoms with Crippen molar-refractivity contribution in [1.29, 1.82) is 0 Å². The average Bonchev–Trinajstić information content (AvgIpc) is 2.80. The second-order valence-corrected chi connectivity index (χ2v) is 7.31. The van der Waals surface area contributed by atoms with E-state index in [2.05, 4.69) is 0 Å². The lowest BCUT2D eigenvalue weighted by atomic mass is 9.95. The first-order chi connectivity index (χ1) is 12.4. The number of nitrogens with zero attached hydrogens (tertiary/aromatic N) is 1. The molecule has 136 valence electrons. The van der Waals surface area contributed by atoms with E-state index in [0.717, 1.165) is 21.7 Å². The zero-order chi connectivity index (χ0) is 18.6. The Morgan fingerprint density at radius 3 is 2.46 bits per heavy atom. The molecule has 0 aromatic heterocycles. The third-order valence-electron chi connectivity index (χ3n) is 4.39. The smallest absolute Gasteiger partial charge is 0.272 e. The van der Waals surface area contributed by atoms with E-state index in [9.17, 15) is 13.2 Å². The van der Waals surface area contributed by atoms with Gasteiger partial charge in [0, 0.05) is 21.8 Å². The van der Waals surface area contributed by atoms with Gasteiger partial charge in [0.1, 0.15) is 0 Å². The standard InChI is InChI=1S/C21H20F3NS/c1-2-20(13-8-14-21(22,23)24)15-26-18-12-7-6-11-17(18)19(25-20)16-9-4-3-5-10-16/h3-13H,2,14-15H2,1H3/b13-8-. The first-order valence-electron chi connectivity index (χ1n) is 8.54. The Balaban J connectivity index is 2.08. The van der Waals surface area contributed by atoms with Crippen molar-refractivity contribution >= 4 is 17.5 Å². The highest BCUT2D eigenvalue weighted by atomic mass is 32.2. The normalized spacial score (nSPS) is 20.5. The van der Waals surface area contributed by atoms with Crippen LogP contribution in [0.5, 0.6) is 0 Å². The molecule has 1 aliphatic heterocycles. The predicted octanol–water partition coefficient (Wildman–Crippen LogP) is 6.29. The van der Waals surface area contributed by atoms with Crippen LogP contribution in [0.2, 0.25) is 0 Å². The van der Waals surface area contributed by atoms with Crippen molar-refractivity contribution in [3.63, 3.8) is 0 Å². The van der Waals surface area contributed by atoms with Gasteiger partial charge in [-0.15, -0.1) is 11.8 Å². The van der Waals surface area contributed by atoms with Crippen LogP contribution < -0.4 is 0 Å². The highest BCUT2D eigenvalue weighted by Crippen LogP contribution is 2.37. The summed E-state index contributed by atoms with van der Waals surface area (Å²) in [6.45, 7) is 1.97. The molecule has 0 amide bonds. The van der Waals surface area contributed by atoms with E-state index in [-0.39, 0.29) is 0 Å². The number of fused-ring (bicyclic) bond motifs is 1. The lowest BCUT2D eigenvalue weighted by molar-refractivity contribution is -0.125. The van der Waals surface area contributed by atoms with Crippen LogP contribution in [0.4, 0.5) is 13.2 Å². The van der Waals surface area contributed by atoms with Gasteiger partial charge in [0.05, 0.1) is 17.7 Å². The van der Waals surface area contributed by atoms with Crippen molar-refractivity contribution in [2.45, 2.75) is 36.4 Å². The van der Waals surface area contributed by atoms with Gasteiger partial charge in [0.2, 0.25) is 0 Å². The van der Waals surface area contributed by atoms with Crippen molar-refractivity contribution in [1.82, 2.24) is 0 Å². The molecule has 26 heavy (non-hydrogen) atoms. The summed E-state index contributed by atoms with van der Waals surface area (Å²) in [5, 5.41) is 0. The van der Waals surface area contributed by atoms with Crippen molar-refractivity contribution in [2.24, 2.45) is 4.99 Å². The van der Waals surface area contributed by atoms with Gasteiger partial charge in [0.25, 0.3) is 0 Å². The number of alkyl halides is 3. The molecule has 0 saturated carbocycles. The average molecular weight is 375 g/mol. The summed E-state index contributed by atoms with van der Waals surface area (Å²) in [5.74, 6) is 0.616. The number of aliphatic imine (C=N–C) groups is 1. The maximum absolute atomic E-state index is 12.6. The molecular weight excluding hydrogens is 355 g/mol. The minimum absolute atomic E-state index is 0.616. The van der Waals surface area contributed by atoms with Gasteiger partial charge >= 0.3 is 6.18 Å². The maximum atomic E-state index is 12.6. The van der Waals surface area contributed by atoms with Crippen LogP contribution in [-0.4, -0.2) is 23.2 Å². The molecule has 0 spiro atoms. The topological polar surface area (TPSA) is 12.4 Å². The van der Waals surface area contributed by atoms with E-state index < -0.39 is 18.1 Å². The van der Waals surface area contributed by atoms with E-state index in [1.54, 1.807) is 17.8 Å². The van der Waals surface area contributed by atoms with Crippen molar-refractivity contribution in [3.05, 3.63) is 77.9 Å². The predicted molar refractivity (Wildman–Crippen MR) is 102 cm³/mol. The summed E-state index contributed by atoms with van der Waals surface area (Å²) >= 11 is 1.65. The first kappa shape index (κ1) is 18.8. The van der Waals surface area contributed by atoms with Crippen LogP contribution in [0.25, 0.3) is 0 Å². The van der Waals surface area contributed by atoms with Gasteiger partial charge in [-0.2, -0.15) is 13.2 Å². The number of rotatable bonds is 4. The van der Waals surface area contributed by atoms with Gasteiger partial charge in [0.15, 0.2) is 0 Å². The van der Waals surface area contributed by atoms with Crippen LogP contribution in [0.15, 0.2) is 76.6 Å². The van der Waals surface area contributed by atoms with E-state index in [0.29, 0.717) is 12.2 Å². The van der Waals surface area contributed by atoms with Crippen LogP contribution in [0.3, 0.4) is 0 Å². The third-order valence-corrected chi connectivity index (χ3v) is 5.70. The molecule has 0 bridgehead atoms. The number of halogens is 3. The molecule has 1 atom stereocenters. The highest BCUT2D eigenvalue weighted by Gasteiger charge is 2.31. The molecule has 0 fully saturated rings. The van der Waals surface area contributed by atoms with Gasteiger partial charge in [-0.1, -0.05) is 67.6 Å². The Morgan fingerprint density at radius 1 is 1.08 bits per heavy atom. The van der Waals surface area contributed by atoms with Gasteiger partial charge < -0.3 is 0 Å². The van der Waals surface area contributed by atoms with E-state index >= 15 is 0 Å². The monoisotopic (exact) mass is 375 g/mol. The van der Waals surface area contributed by atoms with Crippen molar-refractivity contribution in [3.8, 4) is 0 Å². The van der Waals surface area contributed by atoms with E-state index in [1.165, 1.54) is 6.08 Å². The molecule has 0 saturated heterocycles. The van der Waals surface area contributed by atoms with Gasteiger partial charge in [-0.05, 0) is 12.5 Å². The Hall–Kier alpha value is -2.01. The summed E-state index contributed by atoms with van der Waals surface area (Å²) < 4.78 is 37.7. The fourth-order valence-electron chi connectivity index (χ4n) is 2.92. The van der Waals surface area contributed by atoms with E-state index in [4.69, 9.17) is 4.99 Å². The Labute approximate surface area is 156 Å². The van der Waals surface area contributed by atoms with Crippen LogP contribution in [-0.2, 0) is 0 Å². The quantitative estimate of drug-likeness (QED) is 0.572. The largest absolute Gasteiger partial charge is 0.392 e. The minimum Gasteiger partial charge on any atom is -0.272 e. The van der Waals surface area contributed by atoms with Crippen molar-refractivity contribution < 1.29 is 13.2 Å². The van der Waals surface area contributed by atoms with Gasteiger partial charge in [-0.3, -0.25) is 4.99 Å². The van der Waals surface area contributed by atoms with Crippen LogP contribution >= 0.6 is 11.8 Å². The molecule has 5 heteroatoms. The van der Waals surface area contributed by atoms with E-state index in [1.807, 2.05) is 61.5 Å². The second-order valence-electron chi connectivity index (χ2n) is 6.29. The lowest BCUT2D eigenvalue weighted by Gasteiger charge is -2.24. The number of allylic oxidation sites excluding steroid dienone is 1. The molecule has 1 aliphatic rings. The fourth-order valence-corrected chi connectivity index (χ4v) is 4.18. The van der Waals surface area contributed by atoms with Crippen molar-refractivity contribution in [2.75, 3.05) is 5.75 Å². The number of benzene rings is 2. The summed E-state index contributed by atoms with van der Waals surface area (Å²) in [7, 11) is 0. The summed E-state index contributed by atoms with van der Waals surface area (Å²) in [5.41, 5.74) is 2.19. The summed E-state index contributed by atoms with van der Waals surface area (Å²) in [6, 6.07) is 17.8. The second kappa shape index (κ2) is 7.70. The fraction of sp³-hybridized carbons (Fsp3) is 0.286. The molecular formula is C21H20F3NS. The molecule has 3 rings (SSSR count). The van der Waals surface area contributed by atoms with Gasteiger partial charge in [-0.25, -0.2) is 0 Å². The van der Waals surface area contributed by atoms with Crippen LogP contribution in [0.1, 0.15) is 30.9 Å². The zero-order valence-electron chi connectivity index (χ0n) is 14.5. The minimum atomic E-state index is -4.20. The molecule has 0 aliphatic carbocycles. The Kier molecular flexibility index (Phi) is 5.56.